The normalized spacial score (nSPS) is 11.7. The minimum atomic E-state index is 0.454. The van der Waals surface area contributed by atoms with Gasteiger partial charge in [0.15, 0.2) is 5.96 Å². The number of nitrogens with one attached hydrogen (secondary N) is 2. The van der Waals surface area contributed by atoms with Gasteiger partial charge in [0.25, 0.3) is 0 Å². The molecule has 0 unspecified atom stereocenters. The second-order valence-corrected chi connectivity index (χ2v) is 4.29. The highest BCUT2D eigenvalue weighted by Gasteiger charge is 2.06. The molecule has 2 aromatic rings. The van der Waals surface area contributed by atoms with Crippen LogP contribution in [0.1, 0.15) is 30.0 Å². The molecule has 0 aliphatic rings. The maximum absolute atomic E-state index is 5.51. The number of aryl methyl sites for hydroxylation is 2. The molecule has 7 nitrogen and oxygen atoms in total. The Kier molecular flexibility index (Phi) is 4.75. The topological polar surface area (TPSA) is 88.5 Å². The molecule has 0 aromatic carbocycles. The number of nitrogens with zero attached hydrogens (tertiary/aromatic N) is 3. The van der Waals surface area contributed by atoms with E-state index in [0.29, 0.717) is 24.9 Å². The van der Waals surface area contributed by atoms with Crippen LogP contribution in [-0.4, -0.2) is 22.6 Å². The Bertz CT molecular complexity index is 540. The minimum Gasteiger partial charge on any atom is -0.444 e. The van der Waals surface area contributed by atoms with Gasteiger partial charge in [0.2, 0.25) is 5.89 Å². The van der Waals surface area contributed by atoms with Gasteiger partial charge in [-0.2, -0.15) is 0 Å². The van der Waals surface area contributed by atoms with Crippen molar-refractivity contribution < 1.29 is 8.94 Å². The van der Waals surface area contributed by atoms with Crippen LogP contribution in [0.4, 0.5) is 0 Å². The standard InChI is InChI=1S/C13H19N5O2/c1-4-14-13(15-7-11-5-6-19-18-11)16-8-12-17-9(2)10(3)20-12/h5-6H,4,7-8H2,1-3H3,(H2,14,15,16). The van der Waals surface area contributed by atoms with E-state index in [0.717, 1.165) is 23.7 Å². The Balaban J connectivity index is 1.93. The molecule has 0 fully saturated rings. The molecule has 0 saturated heterocycles. The van der Waals surface area contributed by atoms with Crippen molar-refractivity contribution in [2.45, 2.75) is 33.9 Å². The molecule has 0 spiro atoms. The Labute approximate surface area is 117 Å². The Morgan fingerprint density at radius 2 is 2.20 bits per heavy atom. The first-order chi connectivity index (χ1) is 9.69. The predicted molar refractivity (Wildman–Crippen MR) is 74.1 cm³/mol. The number of rotatable bonds is 5. The summed E-state index contributed by atoms with van der Waals surface area (Å²) in [6.07, 6.45) is 1.53. The average molecular weight is 277 g/mol. The highest BCUT2D eigenvalue weighted by Crippen LogP contribution is 2.07. The molecule has 20 heavy (non-hydrogen) atoms. The van der Waals surface area contributed by atoms with E-state index >= 15 is 0 Å². The molecule has 2 heterocycles. The lowest BCUT2D eigenvalue weighted by Gasteiger charge is -2.09. The van der Waals surface area contributed by atoms with E-state index in [-0.39, 0.29) is 0 Å². The molecule has 0 radical (unpaired) electrons. The van der Waals surface area contributed by atoms with Crippen molar-refractivity contribution in [2.24, 2.45) is 4.99 Å². The van der Waals surface area contributed by atoms with E-state index in [1.54, 1.807) is 6.07 Å². The van der Waals surface area contributed by atoms with Crippen LogP contribution in [0.15, 0.2) is 26.3 Å². The van der Waals surface area contributed by atoms with Crippen LogP contribution in [0.25, 0.3) is 0 Å². The molecule has 2 N–H and O–H groups in total. The fourth-order valence-corrected chi connectivity index (χ4v) is 1.60. The Hall–Kier alpha value is -2.31. The molecule has 108 valence electrons. The summed E-state index contributed by atoms with van der Waals surface area (Å²) in [5.74, 6) is 2.17. The molecule has 0 aliphatic carbocycles. The van der Waals surface area contributed by atoms with E-state index in [1.807, 2.05) is 20.8 Å². The SMILES string of the molecule is CCNC(=NCc1ccon1)NCc1nc(C)c(C)o1. The second-order valence-electron chi connectivity index (χ2n) is 4.29. The lowest BCUT2D eigenvalue weighted by atomic mass is 10.4. The molecule has 2 rings (SSSR count). The van der Waals surface area contributed by atoms with Crippen LogP contribution in [0.5, 0.6) is 0 Å². The lowest BCUT2D eigenvalue weighted by Crippen LogP contribution is -2.36. The van der Waals surface area contributed by atoms with Crippen molar-refractivity contribution in [1.82, 2.24) is 20.8 Å². The van der Waals surface area contributed by atoms with Gasteiger partial charge >= 0.3 is 0 Å². The molecule has 0 bridgehead atoms. The predicted octanol–water partition coefficient (Wildman–Crippen LogP) is 1.53. The van der Waals surface area contributed by atoms with Gasteiger partial charge in [0.1, 0.15) is 17.7 Å². The average Bonchev–Trinajstić information content (AvgIpc) is 3.04. The van der Waals surface area contributed by atoms with Gasteiger partial charge in [-0.25, -0.2) is 9.98 Å². The lowest BCUT2D eigenvalue weighted by molar-refractivity contribution is 0.412. The highest BCUT2D eigenvalue weighted by atomic mass is 16.5. The zero-order chi connectivity index (χ0) is 14.4. The molecule has 2 aromatic heterocycles. The van der Waals surface area contributed by atoms with Gasteiger partial charge in [0.05, 0.1) is 18.8 Å². The zero-order valence-electron chi connectivity index (χ0n) is 11.9. The summed E-state index contributed by atoms with van der Waals surface area (Å²) in [5.41, 5.74) is 1.69. The minimum absolute atomic E-state index is 0.454. The van der Waals surface area contributed by atoms with Crippen LogP contribution < -0.4 is 10.6 Å². The summed E-state index contributed by atoms with van der Waals surface area (Å²) in [4.78, 5) is 8.72. The first kappa shape index (κ1) is 14.1. The molecular formula is C13H19N5O2. The van der Waals surface area contributed by atoms with Crippen molar-refractivity contribution in [2.75, 3.05) is 6.54 Å². The quantitative estimate of drug-likeness (QED) is 0.636. The maximum atomic E-state index is 5.51. The summed E-state index contributed by atoms with van der Waals surface area (Å²) in [6.45, 7) is 7.54. The molecule has 0 aliphatic heterocycles. The van der Waals surface area contributed by atoms with E-state index < -0.39 is 0 Å². The van der Waals surface area contributed by atoms with Crippen molar-refractivity contribution in [1.29, 1.82) is 0 Å². The number of hydrogen-bond donors (Lipinski definition) is 2. The van der Waals surface area contributed by atoms with E-state index in [4.69, 9.17) is 8.94 Å². The van der Waals surface area contributed by atoms with Crippen LogP contribution in [0.3, 0.4) is 0 Å². The number of hydrogen-bond acceptors (Lipinski definition) is 5. The van der Waals surface area contributed by atoms with Gasteiger partial charge in [-0.05, 0) is 20.8 Å². The third-order valence-electron chi connectivity index (χ3n) is 2.71. The van der Waals surface area contributed by atoms with Gasteiger partial charge in [-0.1, -0.05) is 5.16 Å². The zero-order valence-corrected chi connectivity index (χ0v) is 11.9. The number of aromatic nitrogens is 2. The van der Waals surface area contributed by atoms with Crippen LogP contribution >= 0.6 is 0 Å². The van der Waals surface area contributed by atoms with Crippen molar-refractivity contribution in [3.05, 3.63) is 35.4 Å². The van der Waals surface area contributed by atoms with Crippen LogP contribution in [0, 0.1) is 13.8 Å². The molecular weight excluding hydrogens is 258 g/mol. The first-order valence-electron chi connectivity index (χ1n) is 6.53. The third-order valence-corrected chi connectivity index (χ3v) is 2.71. The number of oxazole rings is 1. The first-order valence-corrected chi connectivity index (χ1v) is 6.53. The monoisotopic (exact) mass is 277 g/mol. The number of aliphatic imine (C=N–C) groups is 1. The molecule has 0 atom stereocenters. The Morgan fingerprint density at radius 1 is 1.35 bits per heavy atom. The van der Waals surface area contributed by atoms with E-state index in [1.165, 1.54) is 6.26 Å². The summed E-state index contributed by atoms with van der Waals surface area (Å²) in [5, 5.41) is 10.1. The Morgan fingerprint density at radius 3 is 2.80 bits per heavy atom. The highest BCUT2D eigenvalue weighted by molar-refractivity contribution is 5.79. The molecule has 0 amide bonds. The fourth-order valence-electron chi connectivity index (χ4n) is 1.60. The van der Waals surface area contributed by atoms with E-state index in [2.05, 4.69) is 25.8 Å². The second kappa shape index (κ2) is 6.74. The summed E-state index contributed by atoms with van der Waals surface area (Å²) in [7, 11) is 0. The van der Waals surface area contributed by atoms with Crippen molar-refractivity contribution in [3.63, 3.8) is 0 Å². The van der Waals surface area contributed by atoms with Crippen molar-refractivity contribution in [3.8, 4) is 0 Å². The summed E-state index contributed by atoms with van der Waals surface area (Å²) >= 11 is 0. The third kappa shape index (κ3) is 3.84. The molecule has 0 saturated carbocycles. The van der Waals surface area contributed by atoms with Crippen LogP contribution in [-0.2, 0) is 13.1 Å². The van der Waals surface area contributed by atoms with Gasteiger partial charge in [-0.15, -0.1) is 0 Å². The largest absolute Gasteiger partial charge is 0.444 e. The fraction of sp³-hybridized carbons (Fsp3) is 0.462. The van der Waals surface area contributed by atoms with Crippen LogP contribution in [0.2, 0.25) is 0 Å². The van der Waals surface area contributed by atoms with E-state index in [9.17, 15) is 0 Å². The van der Waals surface area contributed by atoms with Crippen molar-refractivity contribution >= 4 is 5.96 Å². The summed E-state index contributed by atoms with van der Waals surface area (Å²) in [6, 6.07) is 1.79. The molecule has 7 heteroatoms. The number of guanidine groups is 1. The maximum Gasteiger partial charge on any atom is 0.214 e. The van der Waals surface area contributed by atoms with Gasteiger partial charge < -0.3 is 19.6 Å². The summed E-state index contributed by atoms with van der Waals surface area (Å²) < 4.78 is 10.3. The smallest absolute Gasteiger partial charge is 0.214 e. The van der Waals surface area contributed by atoms with Gasteiger partial charge in [-0.3, -0.25) is 0 Å². The van der Waals surface area contributed by atoms with Gasteiger partial charge in [0, 0.05) is 12.6 Å².